The molecule has 0 radical (unpaired) electrons. The van der Waals surface area contributed by atoms with Gasteiger partial charge in [-0.15, -0.1) is 47.3 Å². The van der Waals surface area contributed by atoms with E-state index in [2.05, 4.69) is 93.3 Å². The van der Waals surface area contributed by atoms with E-state index in [-0.39, 0.29) is 127 Å². The number of nitrogens with zero attached hydrogens (tertiary/aromatic N) is 6. The number of benzene rings is 3. The molecule has 0 fully saturated rings. The van der Waals surface area contributed by atoms with Gasteiger partial charge in [0.05, 0.1) is 47.0 Å². The summed E-state index contributed by atoms with van der Waals surface area (Å²) >= 11 is 9.31. The van der Waals surface area contributed by atoms with Crippen molar-refractivity contribution in [2.45, 2.75) is 54.8 Å². The Morgan fingerprint density at radius 2 is 1.07 bits per heavy atom. The molecule has 0 atom stereocenters. The van der Waals surface area contributed by atoms with Crippen LogP contribution in [0.1, 0.15) is 53.2 Å². The Morgan fingerprint density at radius 3 is 1.39 bits per heavy atom. The minimum atomic E-state index is -0.181. The van der Waals surface area contributed by atoms with Crippen molar-refractivity contribution in [3.8, 4) is 35.5 Å². The maximum atomic E-state index is 9.34. The normalized spacial score (nSPS) is 9.11. The topological polar surface area (TPSA) is 174 Å². The van der Waals surface area contributed by atoms with Crippen LogP contribution in [0.5, 0.6) is 17.2 Å². The van der Waals surface area contributed by atoms with Crippen molar-refractivity contribution in [3.63, 3.8) is 0 Å². The third-order valence-electron chi connectivity index (χ3n) is 7.54. The number of nitriles is 3. The molecule has 6 aromatic rings. The van der Waals surface area contributed by atoms with E-state index in [9.17, 15) is 5.11 Å². The Kier molecular flexibility index (Phi) is 30.7. The molecule has 3 heterocycles. The number of ether oxygens (including phenoxy) is 2. The molecule has 18 heteroatoms. The van der Waals surface area contributed by atoms with Crippen LogP contribution in [0, 0.1) is 34.0 Å². The Bertz CT molecular complexity index is 2250. The molecular weight excluding hydrogens is 965 g/mol. The number of halogens is 3. The van der Waals surface area contributed by atoms with Gasteiger partial charge in [0.25, 0.3) is 6.47 Å². The molecule has 56 heavy (non-hydrogen) atoms. The summed E-state index contributed by atoms with van der Waals surface area (Å²) in [6.45, 7) is 11.1. The van der Waals surface area contributed by atoms with Crippen LogP contribution < -0.4 is 118 Å². The van der Waals surface area contributed by atoms with Crippen molar-refractivity contribution >= 4 is 89.6 Å². The predicted molar refractivity (Wildman–Crippen MR) is 224 cm³/mol. The molecular formula is C38H42BBr3K2N6O6. The van der Waals surface area contributed by atoms with Crippen molar-refractivity contribution in [1.29, 1.82) is 15.8 Å². The van der Waals surface area contributed by atoms with E-state index in [1.165, 1.54) is 0 Å². The van der Waals surface area contributed by atoms with E-state index >= 15 is 0 Å². The van der Waals surface area contributed by atoms with Gasteiger partial charge < -0.3 is 39.9 Å². The summed E-state index contributed by atoms with van der Waals surface area (Å²) in [5, 5.41) is 47.5. The molecule has 6 rings (SSSR count). The molecule has 0 aliphatic heterocycles. The summed E-state index contributed by atoms with van der Waals surface area (Å²) < 4.78 is 17.0. The predicted octanol–water partition coefficient (Wildman–Crippen LogP) is 3.06. The molecule has 0 amide bonds. The standard InChI is InChI=1S/C13H14N2O.C12H12N2O.C11H10N2O.CH2O3.CH4.BBr3.2K.H/c1-3-15-9-10(8-14)12-6-5-11(16-4-2)7-13(12)15;1-3-14-8-9(7-13)11-5-4-10(15-2)6-12(11)14;1-2-13-7-8(6-12)10-4-3-9(14)5-11(10)13;2-1-4-3;;2-1(3)4;;;/h5-7,9H,3-4H2,1-2H3;4-6,8H,3H2,1-2H3;3-5,7,14H,2H2,1H3;1,3H;1H4;;;;/q;;;;;;2*+1;-1/p-1. The molecule has 0 unspecified atom stereocenters. The minimum absolute atomic E-state index is 0. The van der Waals surface area contributed by atoms with Crippen molar-refractivity contribution in [3.05, 3.63) is 89.9 Å². The maximum absolute atomic E-state index is 9.34. The fourth-order valence-corrected chi connectivity index (χ4v) is 5.26. The van der Waals surface area contributed by atoms with Gasteiger partial charge in [-0.25, -0.2) is 0 Å². The van der Waals surface area contributed by atoms with Crippen LogP contribution in [0.3, 0.4) is 0 Å². The van der Waals surface area contributed by atoms with Crippen molar-refractivity contribution in [2.24, 2.45) is 0 Å². The molecule has 286 valence electrons. The first kappa shape index (κ1) is 56.5. The summed E-state index contributed by atoms with van der Waals surface area (Å²) in [4.78, 5) is 11.2. The van der Waals surface area contributed by atoms with Gasteiger partial charge in [0.2, 0.25) is 0 Å². The van der Waals surface area contributed by atoms with E-state index in [1.807, 2.05) is 73.4 Å². The molecule has 0 aliphatic carbocycles. The fraction of sp³-hybridized carbons (Fsp3) is 0.263. The second-order valence-electron chi connectivity index (χ2n) is 10.5. The van der Waals surface area contributed by atoms with Gasteiger partial charge in [-0.3, -0.25) is 4.79 Å². The number of aromatic nitrogens is 3. The van der Waals surface area contributed by atoms with E-state index in [1.54, 1.807) is 25.3 Å². The number of fused-ring (bicyclic) bond motifs is 3. The van der Waals surface area contributed by atoms with Gasteiger partial charge in [0.15, 0.2) is 0 Å². The average Bonchev–Trinajstić information content (AvgIpc) is 3.84. The molecule has 3 aromatic heterocycles. The number of aromatic hydroxyl groups is 1. The number of rotatable bonds is 7. The molecule has 12 nitrogen and oxygen atoms in total. The molecule has 0 saturated heterocycles. The van der Waals surface area contributed by atoms with Crippen LogP contribution in [0.2, 0.25) is 0 Å². The second-order valence-corrected chi connectivity index (χ2v) is 16.9. The Hall–Kier alpha value is -1.64. The molecule has 0 bridgehead atoms. The van der Waals surface area contributed by atoms with Crippen molar-refractivity contribution in [2.75, 3.05) is 13.7 Å². The smallest absolute Gasteiger partial charge is 1.00 e. The monoisotopic (exact) mass is 1000 g/mol. The summed E-state index contributed by atoms with van der Waals surface area (Å²) in [7, 11) is 1.64. The first-order valence-corrected chi connectivity index (χ1v) is 18.8. The Labute approximate surface area is 439 Å². The summed E-state index contributed by atoms with van der Waals surface area (Å²) in [6.07, 6.45) is 5.58. The van der Waals surface area contributed by atoms with Crippen LogP contribution in [0.15, 0.2) is 73.2 Å². The third kappa shape index (κ3) is 16.5. The minimum Gasteiger partial charge on any atom is -1.00 e. The third-order valence-corrected chi connectivity index (χ3v) is 7.54. The molecule has 1 N–H and O–H groups in total. The van der Waals surface area contributed by atoms with Crippen LogP contribution in [-0.2, 0) is 29.3 Å². The number of phenols is 1. The summed E-state index contributed by atoms with van der Waals surface area (Å²) in [5.74, 6) is 1.90. The zero-order chi connectivity index (χ0) is 39.5. The molecule has 0 spiro atoms. The maximum Gasteiger partial charge on any atom is 1.00 e. The number of carbonyl (C=O) groups excluding carboxylic acids is 1. The van der Waals surface area contributed by atoms with Crippen molar-refractivity contribution in [1.82, 2.24) is 13.7 Å². The number of aryl methyl sites for hydroxylation is 3. The van der Waals surface area contributed by atoms with Crippen LogP contribution in [0.4, 0.5) is 0 Å². The van der Waals surface area contributed by atoms with Gasteiger partial charge in [-0.05, 0) is 64.1 Å². The number of methoxy groups -OCH3 is 1. The number of hydrogen-bond acceptors (Lipinski definition) is 9. The molecule has 3 aromatic carbocycles. The van der Waals surface area contributed by atoms with E-state index in [0.29, 0.717) is 12.2 Å². The second kappa shape index (κ2) is 30.4. The van der Waals surface area contributed by atoms with E-state index in [0.717, 1.165) is 75.0 Å². The number of carbonyl (C=O) groups is 1. The molecule has 0 saturated carbocycles. The van der Waals surface area contributed by atoms with E-state index < -0.39 is 0 Å². The van der Waals surface area contributed by atoms with Crippen LogP contribution >= 0.6 is 47.3 Å². The SMILES string of the molecule is BrB(Br)Br.C.CCOc1ccc2c(C#N)cn(CC)c2c1.CCn1cc(C#N)c2ccc(O)cc21.CCn1cc(C#N)c2ccc(OC)cc21.O=CO[O-].[H-].[K+].[K+]. The number of phenolic OH excluding ortho intramolecular Hbond substituents is 1. The van der Waals surface area contributed by atoms with Gasteiger partial charge in [0, 0.05) is 72.6 Å². The summed E-state index contributed by atoms with van der Waals surface area (Å²) in [6, 6.07) is 23.2. The van der Waals surface area contributed by atoms with E-state index in [4.69, 9.17) is 35.3 Å². The zero-order valence-corrected chi connectivity index (χ0v) is 42.7. The first-order chi connectivity index (χ1) is 25.5. The van der Waals surface area contributed by atoms with Crippen LogP contribution in [0.25, 0.3) is 32.7 Å². The van der Waals surface area contributed by atoms with Gasteiger partial charge in [-0.1, -0.05) is 7.43 Å². The average molecular weight is 1010 g/mol. The molecule has 0 aliphatic rings. The van der Waals surface area contributed by atoms with Gasteiger partial charge in [0.1, 0.15) is 35.5 Å². The Balaban J connectivity index is -0.000000679. The fourth-order valence-electron chi connectivity index (χ4n) is 5.26. The summed E-state index contributed by atoms with van der Waals surface area (Å²) in [5.41, 5.74) is 5.11. The largest absolute Gasteiger partial charge is 1.00 e. The van der Waals surface area contributed by atoms with Crippen molar-refractivity contribution < 1.29 is 134 Å². The Morgan fingerprint density at radius 1 is 0.732 bits per heavy atom. The van der Waals surface area contributed by atoms with Gasteiger partial charge >= 0.3 is 106 Å². The first-order valence-electron chi connectivity index (χ1n) is 16.1. The van der Waals surface area contributed by atoms with Gasteiger partial charge in [-0.2, -0.15) is 15.8 Å². The zero-order valence-electron chi connectivity index (χ0n) is 32.7. The number of hydrogen-bond donors (Lipinski definition) is 1. The van der Waals surface area contributed by atoms with Crippen LogP contribution in [-0.4, -0.2) is 42.2 Å². The quantitative estimate of drug-likeness (QED) is 0.109.